The first-order chi connectivity index (χ1) is 7.58. The average molecular weight is 296 g/mol. The van der Waals surface area contributed by atoms with Crippen LogP contribution >= 0.6 is 27.3 Å². The number of hydrogen-bond acceptors (Lipinski definition) is 2. The molecule has 0 spiro atoms. The van der Waals surface area contributed by atoms with Gasteiger partial charge in [0.25, 0.3) is 0 Å². The van der Waals surface area contributed by atoms with Crippen molar-refractivity contribution in [2.45, 2.75) is 26.7 Å². The van der Waals surface area contributed by atoms with Crippen LogP contribution in [0.1, 0.15) is 30.9 Å². The molecule has 3 heteroatoms. The molecule has 16 heavy (non-hydrogen) atoms. The van der Waals surface area contributed by atoms with E-state index >= 15 is 0 Å². The van der Waals surface area contributed by atoms with Gasteiger partial charge >= 0.3 is 0 Å². The molecule has 1 aromatic heterocycles. The van der Waals surface area contributed by atoms with Crippen LogP contribution in [0.5, 0.6) is 0 Å². The molecule has 0 aliphatic carbocycles. The van der Waals surface area contributed by atoms with Crippen LogP contribution in [0.3, 0.4) is 0 Å². The quantitative estimate of drug-likeness (QED) is 0.759. The number of rotatable bonds is 2. The lowest BCUT2D eigenvalue weighted by Gasteiger charge is -2.09. The van der Waals surface area contributed by atoms with Crippen molar-refractivity contribution >= 4 is 27.3 Å². The van der Waals surface area contributed by atoms with Crippen LogP contribution < -0.4 is 0 Å². The maximum atomic E-state index is 4.48. The molecule has 0 radical (unpaired) electrons. The third kappa shape index (κ3) is 2.36. The second-order valence-corrected chi connectivity index (χ2v) is 5.88. The summed E-state index contributed by atoms with van der Waals surface area (Å²) in [6.45, 7) is 6.56. The van der Waals surface area contributed by atoms with Crippen LogP contribution in [0, 0.1) is 6.92 Å². The summed E-state index contributed by atoms with van der Waals surface area (Å²) in [5.74, 6) is 0.558. The second kappa shape index (κ2) is 4.68. The molecule has 1 heterocycles. The van der Waals surface area contributed by atoms with Crippen molar-refractivity contribution in [2.75, 3.05) is 0 Å². The van der Waals surface area contributed by atoms with Gasteiger partial charge in [0, 0.05) is 10.9 Å². The van der Waals surface area contributed by atoms with Gasteiger partial charge in [0.15, 0.2) is 0 Å². The molecular formula is C13H14BrNS. The van der Waals surface area contributed by atoms with E-state index in [0.717, 1.165) is 9.61 Å². The topological polar surface area (TPSA) is 12.9 Å². The van der Waals surface area contributed by atoms with E-state index < -0.39 is 0 Å². The van der Waals surface area contributed by atoms with Crippen molar-refractivity contribution in [3.63, 3.8) is 0 Å². The Kier molecular flexibility index (Phi) is 3.45. The largest absolute Gasteiger partial charge is 0.229 e. The zero-order chi connectivity index (χ0) is 11.7. The highest BCUT2D eigenvalue weighted by Gasteiger charge is 2.08. The molecule has 0 amide bonds. The van der Waals surface area contributed by atoms with Gasteiger partial charge in [0.05, 0.1) is 0 Å². The molecule has 84 valence electrons. The maximum absolute atomic E-state index is 4.48. The summed E-state index contributed by atoms with van der Waals surface area (Å²) in [6, 6.07) is 6.64. The number of benzene rings is 1. The molecule has 0 N–H and O–H groups in total. The number of aromatic nitrogens is 1. The second-order valence-electron chi connectivity index (χ2n) is 4.20. The predicted octanol–water partition coefficient (Wildman–Crippen LogP) is 5.00. The van der Waals surface area contributed by atoms with E-state index in [2.05, 4.69) is 59.9 Å². The first-order valence-corrected chi connectivity index (χ1v) is 6.97. The fourth-order valence-electron chi connectivity index (χ4n) is 1.61. The van der Waals surface area contributed by atoms with Gasteiger partial charge in [-0.25, -0.2) is 4.98 Å². The van der Waals surface area contributed by atoms with Gasteiger partial charge in [-0.05, 0) is 46.0 Å². The van der Waals surface area contributed by atoms with E-state index in [1.54, 1.807) is 11.3 Å². The molecule has 2 aromatic rings. The fourth-order valence-corrected chi connectivity index (χ4v) is 2.94. The molecule has 0 atom stereocenters. The Bertz CT molecular complexity index is 502. The van der Waals surface area contributed by atoms with Crippen LogP contribution in [0.25, 0.3) is 10.6 Å². The third-order valence-electron chi connectivity index (χ3n) is 2.63. The Morgan fingerprint density at radius 1 is 1.31 bits per heavy atom. The first kappa shape index (κ1) is 11.8. The van der Waals surface area contributed by atoms with Crippen molar-refractivity contribution in [1.29, 1.82) is 0 Å². The molecule has 0 aliphatic rings. The van der Waals surface area contributed by atoms with E-state index in [1.807, 2.05) is 5.38 Å². The van der Waals surface area contributed by atoms with E-state index in [-0.39, 0.29) is 0 Å². The van der Waals surface area contributed by atoms with E-state index in [0.29, 0.717) is 5.92 Å². The Labute approximate surface area is 109 Å². The Morgan fingerprint density at radius 3 is 2.62 bits per heavy atom. The van der Waals surface area contributed by atoms with E-state index in [4.69, 9.17) is 0 Å². The Hall–Kier alpha value is -0.670. The van der Waals surface area contributed by atoms with Crippen LogP contribution in [-0.2, 0) is 0 Å². The highest BCUT2D eigenvalue weighted by atomic mass is 79.9. The van der Waals surface area contributed by atoms with Crippen LogP contribution in [0.2, 0.25) is 0 Å². The van der Waals surface area contributed by atoms with Crippen molar-refractivity contribution in [1.82, 2.24) is 4.98 Å². The van der Waals surface area contributed by atoms with Gasteiger partial charge in [-0.15, -0.1) is 11.3 Å². The molecule has 0 unspecified atom stereocenters. The molecule has 2 rings (SSSR count). The van der Waals surface area contributed by atoms with Gasteiger partial charge in [-0.1, -0.05) is 26.0 Å². The van der Waals surface area contributed by atoms with Crippen molar-refractivity contribution in [3.8, 4) is 10.6 Å². The highest BCUT2D eigenvalue weighted by Crippen LogP contribution is 2.30. The number of nitrogens with zero attached hydrogens (tertiary/aromatic N) is 1. The van der Waals surface area contributed by atoms with Crippen LogP contribution in [-0.4, -0.2) is 4.98 Å². The number of halogens is 1. The lowest BCUT2D eigenvalue weighted by molar-refractivity contribution is 0.866. The minimum absolute atomic E-state index is 0.558. The standard InChI is InChI=1S/C13H14BrNS/c1-8(2)10-5-4-9(3)11(6-10)13-15-12(14)7-16-13/h4-8H,1-3H3. The first-order valence-electron chi connectivity index (χ1n) is 5.30. The molecule has 0 saturated heterocycles. The lowest BCUT2D eigenvalue weighted by atomic mass is 9.98. The summed E-state index contributed by atoms with van der Waals surface area (Å²) in [6.07, 6.45) is 0. The molecule has 0 fully saturated rings. The molecule has 0 bridgehead atoms. The molecule has 1 nitrogen and oxygen atoms in total. The van der Waals surface area contributed by atoms with E-state index in [1.165, 1.54) is 16.7 Å². The summed E-state index contributed by atoms with van der Waals surface area (Å²) in [7, 11) is 0. The fraction of sp³-hybridized carbons (Fsp3) is 0.308. The van der Waals surface area contributed by atoms with Gasteiger partial charge < -0.3 is 0 Å². The molecule has 0 aliphatic heterocycles. The maximum Gasteiger partial charge on any atom is 0.124 e. The Morgan fingerprint density at radius 2 is 2.06 bits per heavy atom. The van der Waals surface area contributed by atoms with E-state index in [9.17, 15) is 0 Å². The Balaban J connectivity index is 2.51. The lowest BCUT2D eigenvalue weighted by Crippen LogP contribution is -1.90. The van der Waals surface area contributed by atoms with Gasteiger partial charge in [-0.3, -0.25) is 0 Å². The summed E-state index contributed by atoms with van der Waals surface area (Å²) >= 11 is 5.08. The van der Waals surface area contributed by atoms with Crippen molar-refractivity contribution in [2.24, 2.45) is 0 Å². The summed E-state index contributed by atoms with van der Waals surface area (Å²) in [5.41, 5.74) is 3.90. The van der Waals surface area contributed by atoms with Crippen molar-refractivity contribution in [3.05, 3.63) is 39.3 Å². The number of thiazole rings is 1. The molecule has 0 saturated carbocycles. The predicted molar refractivity (Wildman–Crippen MR) is 74.1 cm³/mol. The molecule has 1 aromatic carbocycles. The van der Waals surface area contributed by atoms with Crippen LogP contribution in [0.4, 0.5) is 0 Å². The third-order valence-corrected chi connectivity index (χ3v) is 4.22. The van der Waals surface area contributed by atoms with Gasteiger partial charge in [0.1, 0.15) is 9.61 Å². The summed E-state index contributed by atoms with van der Waals surface area (Å²) in [4.78, 5) is 4.48. The SMILES string of the molecule is Cc1ccc(C(C)C)cc1-c1nc(Br)cs1. The summed E-state index contributed by atoms with van der Waals surface area (Å²) in [5, 5.41) is 3.11. The molecular weight excluding hydrogens is 282 g/mol. The van der Waals surface area contributed by atoms with Gasteiger partial charge in [-0.2, -0.15) is 0 Å². The van der Waals surface area contributed by atoms with Gasteiger partial charge in [0.2, 0.25) is 0 Å². The smallest absolute Gasteiger partial charge is 0.124 e. The summed E-state index contributed by atoms with van der Waals surface area (Å²) < 4.78 is 0.918. The highest BCUT2D eigenvalue weighted by molar-refractivity contribution is 9.10. The zero-order valence-corrected chi connectivity index (χ0v) is 12.0. The number of aryl methyl sites for hydroxylation is 1. The number of hydrogen-bond donors (Lipinski definition) is 0. The minimum Gasteiger partial charge on any atom is -0.229 e. The van der Waals surface area contributed by atoms with Crippen LogP contribution in [0.15, 0.2) is 28.2 Å². The minimum atomic E-state index is 0.558. The van der Waals surface area contributed by atoms with Crippen molar-refractivity contribution < 1.29 is 0 Å². The zero-order valence-electron chi connectivity index (χ0n) is 9.62. The average Bonchev–Trinajstić information content (AvgIpc) is 2.65. The monoisotopic (exact) mass is 295 g/mol. The normalized spacial score (nSPS) is 11.1.